The fraction of sp³-hybridized carbons (Fsp3) is 0.923. The van der Waals surface area contributed by atoms with Crippen molar-refractivity contribution in [3.63, 3.8) is 0 Å². The molecule has 0 aromatic rings. The van der Waals surface area contributed by atoms with Crippen LogP contribution in [0.1, 0.15) is 51.4 Å². The molecule has 1 saturated carbocycles. The number of halogens is 1. The van der Waals surface area contributed by atoms with Crippen molar-refractivity contribution in [2.24, 2.45) is 5.92 Å². The number of hydrogen-bond donors (Lipinski definition) is 1. The number of unbranched alkanes of at least 4 members (excludes halogenated alkanes) is 1. The smallest absolute Gasteiger partial charge is 0.303 e. The summed E-state index contributed by atoms with van der Waals surface area (Å²) in [5, 5.41) is 8.59. The second-order valence-corrected chi connectivity index (χ2v) is 5.29. The molecule has 2 aliphatic rings. The van der Waals surface area contributed by atoms with Gasteiger partial charge in [-0.3, -0.25) is 4.79 Å². The van der Waals surface area contributed by atoms with Gasteiger partial charge in [0.25, 0.3) is 0 Å². The minimum atomic E-state index is -0.655. The molecule has 1 heterocycles. The van der Waals surface area contributed by atoms with Gasteiger partial charge >= 0.3 is 5.97 Å². The Bertz CT molecular complexity index is 248. The zero-order valence-electron chi connectivity index (χ0n) is 10.4. The van der Waals surface area contributed by atoms with Gasteiger partial charge in [-0.1, -0.05) is 6.42 Å². The molecule has 0 spiro atoms. The predicted molar refractivity (Wildman–Crippen MR) is 70.7 cm³/mol. The summed E-state index contributed by atoms with van der Waals surface area (Å²) in [7, 11) is 0. The van der Waals surface area contributed by atoms with Crippen molar-refractivity contribution in [1.29, 1.82) is 0 Å². The molecule has 0 amide bonds. The van der Waals surface area contributed by atoms with Crippen molar-refractivity contribution >= 4 is 18.4 Å². The predicted octanol–water partition coefficient (Wildman–Crippen LogP) is 2.93. The van der Waals surface area contributed by atoms with Crippen molar-refractivity contribution < 1.29 is 9.90 Å². The highest BCUT2D eigenvalue weighted by molar-refractivity contribution is 5.85. The van der Waals surface area contributed by atoms with Gasteiger partial charge in [-0.15, -0.1) is 12.4 Å². The van der Waals surface area contributed by atoms with E-state index in [1.165, 1.54) is 38.6 Å². The molecule has 1 N–H and O–H groups in total. The van der Waals surface area contributed by atoms with Crippen LogP contribution in [0.2, 0.25) is 0 Å². The quantitative estimate of drug-likeness (QED) is 0.774. The Morgan fingerprint density at radius 3 is 2.71 bits per heavy atom. The lowest BCUT2D eigenvalue weighted by molar-refractivity contribution is -0.137. The van der Waals surface area contributed by atoms with Gasteiger partial charge in [0.15, 0.2) is 0 Å². The summed E-state index contributed by atoms with van der Waals surface area (Å²) >= 11 is 0. The van der Waals surface area contributed by atoms with E-state index in [1.54, 1.807) is 0 Å². The van der Waals surface area contributed by atoms with Gasteiger partial charge in [-0.25, -0.2) is 0 Å². The highest BCUT2D eigenvalue weighted by Gasteiger charge is 2.34. The molecule has 0 radical (unpaired) electrons. The maximum atomic E-state index is 10.4. The van der Waals surface area contributed by atoms with Gasteiger partial charge in [0.05, 0.1) is 0 Å². The summed E-state index contributed by atoms with van der Waals surface area (Å²) in [6.45, 7) is 2.36. The Hall–Kier alpha value is -0.280. The third-order valence-electron chi connectivity index (χ3n) is 4.19. The van der Waals surface area contributed by atoms with E-state index in [2.05, 4.69) is 4.90 Å². The normalized spacial score (nSPS) is 28.5. The van der Waals surface area contributed by atoms with E-state index in [0.717, 1.165) is 31.3 Å². The van der Waals surface area contributed by atoms with E-state index < -0.39 is 5.97 Å². The number of aliphatic carboxylic acids is 1. The second-order valence-electron chi connectivity index (χ2n) is 5.29. The van der Waals surface area contributed by atoms with Gasteiger partial charge in [-0.2, -0.15) is 0 Å². The summed E-state index contributed by atoms with van der Waals surface area (Å²) in [5.74, 6) is 0.297. The van der Waals surface area contributed by atoms with Crippen molar-refractivity contribution in [3.05, 3.63) is 0 Å². The Labute approximate surface area is 110 Å². The fourth-order valence-electron chi connectivity index (χ4n) is 3.43. The number of fused-ring (bicyclic) bond motifs is 1. The summed E-state index contributed by atoms with van der Waals surface area (Å²) in [6, 6.07) is 0.832. The van der Waals surface area contributed by atoms with Gasteiger partial charge in [-0.05, 0) is 57.5 Å². The number of rotatable bonds is 5. The number of carbonyl (C=O) groups is 1. The van der Waals surface area contributed by atoms with E-state index in [4.69, 9.17) is 5.11 Å². The number of carboxylic acid groups (broad SMARTS) is 1. The zero-order valence-corrected chi connectivity index (χ0v) is 11.3. The van der Waals surface area contributed by atoms with E-state index in [9.17, 15) is 4.79 Å². The molecule has 2 unspecified atom stereocenters. The molecule has 3 nitrogen and oxygen atoms in total. The maximum absolute atomic E-state index is 10.4. The average Bonchev–Trinajstić information content (AvgIpc) is 2.72. The summed E-state index contributed by atoms with van der Waals surface area (Å²) < 4.78 is 0. The van der Waals surface area contributed by atoms with Crippen LogP contribution in [-0.2, 0) is 4.79 Å². The first-order valence-corrected chi connectivity index (χ1v) is 6.73. The number of piperidine rings is 1. The van der Waals surface area contributed by atoms with Gasteiger partial charge in [0, 0.05) is 12.5 Å². The molecule has 4 heteroatoms. The molecule has 0 aromatic carbocycles. The lowest BCUT2D eigenvalue weighted by atomic mass is 9.92. The van der Waals surface area contributed by atoms with Gasteiger partial charge in [0.1, 0.15) is 0 Å². The van der Waals surface area contributed by atoms with E-state index in [0.29, 0.717) is 6.42 Å². The molecule has 100 valence electrons. The SMILES string of the molecule is Cl.O=C(O)CCCCN1CCCC2CCCC21. The topological polar surface area (TPSA) is 40.5 Å². The maximum Gasteiger partial charge on any atom is 0.303 e. The highest BCUT2D eigenvalue weighted by atomic mass is 35.5. The van der Waals surface area contributed by atoms with Crippen LogP contribution in [0.3, 0.4) is 0 Å². The second kappa shape index (κ2) is 7.22. The summed E-state index contributed by atoms with van der Waals surface area (Å²) in [6.07, 6.45) is 9.21. The van der Waals surface area contributed by atoms with Crippen LogP contribution >= 0.6 is 12.4 Å². The number of nitrogens with zero attached hydrogens (tertiary/aromatic N) is 1. The minimum absolute atomic E-state index is 0. The Balaban J connectivity index is 0.00000144. The molecule has 0 aromatic heterocycles. The minimum Gasteiger partial charge on any atom is -0.481 e. The van der Waals surface area contributed by atoms with Crippen molar-refractivity contribution in [3.8, 4) is 0 Å². The van der Waals surface area contributed by atoms with Crippen molar-refractivity contribution in [1.82, 2.24) is 4.90 Å². The number of carboxylic acids is 1. The average molecular weight is 262 g/mol. The molecule has 17 heavy (non-hydrogen) atoms. The van der Waals surface area contributed by atoms with Crippen LogP contribution in [0.15, 0.2) is 0 Å². The molecule has 1 aliphatic carbocycles. The van der Waals surface area contributed by atoms with Crippen molar-refractivity contribution in [2.45, 2.75) is 57.4 Å². The highest BCUT2D eigenvalue weighted by Crippen LogP contribution is 2.36. The Morgan fingerprint density at radius 2 is 1.94 bits per heavy atom. The lowest BCUT2D eigenvalue weighted by Crippen LogP contribution is -2.42. The van der Waals surface area contributed by atoms with E-state index in [1.807, 2.05) is 0 Å². The monoisotopic (exact) mass is 261 g/mol. The molecule has 2 fully saturated rings. The molecule has 0 bridgehead atoms. The first-order chi connectivity index (χ1) is 7.77. The molecule has 2 atom stereocenters. The third-order valence-corrected chi connectivity index (χ3v) is 4.19. The van der Waals surface area contributed by atoms with E-state index >= 15 is 0 Å². The fourth-order valence-corrected chi connectivity index (χ4v) is 3.43. The first kappa shape index (κ1) is 14.8. The van der Waals surface area contributed by atoms with Crippen LogP contribution in [0, 0.1) is 5.92 Å². The molecule has 1 saturated heterocycles. The van der Waals surface area contributed by atoms with Crippen LogP contribution in [0.5, 0.6) is 0 Å². The summed E-state index contributed by atoms with van der Waals surface area (Å²) in [4.78, 5) is 13.0. The lowest BCUT2D eigenvalue weighted by Gasteiger charge is -2.37. The van der Waals surface area contributed by atoms with Crippen LogP contribution < -0.4 is 0 Å². The summed E-state index contributed by atoms with van der Waals surface area (Å²) in [5.41, 5.74) is 0. The number of likely N-dealkylation sites (tertiary alicyclic amines) is 1. The van der Waals surface area contributed by atoms with Gasteiger partial charge < -0.3 is 10.0 Å². The zero-order chi connectivity index (χ0) is 11.4. The number of hydrogen-bond acceptors (Lipinski definition) is 2. The molecule has 2 rings (SSSR count). The van der Waals surface area contributed by atoms with Crippen LogP contribution in [0.25, 0.3) is 0 Å². The largest absolute Gasteiger partial charge is 0.481 e. The van der Waals surface area contributed by atoms with Crippen LogP contribution in [-0.4, -0.2) is 35.1 Å². The molecular weight excluding hydrogens is 238 g/mol. The van der Waals surface area contributed by atoms with Crippen molar-refractivity contribution in [2.75, 3.05) is 13.1 Å². The Kier molecular flexibility index (Phi) is 6.28. The third kappa shape index (κ3) is 4.14. The first-order valence-electron chi connectivity index (χ1n) is 6.73. The standard InChI is InChI=1S/C13H23NO2.ClH/c15-13(16)8-1-2-9-14-10-4-6-11-5-3-7-12(11)14;/h11-12H,1-10H2,(H,15,16);1H. The van der Waals surface area contributed by atoms with Crippen LogP contribution in [0.4, 0.5) is 0 Å². The Morgan fingerprint density at radius 1 is 1.18 bits per heavy atom. The van der Waals surface area contributed by atoms with E-state index in [-0.39, 0.29) is 12.4 Å². The van der Waals surface area contributed by atoms with Gasteiger partial charge in [0.2, 0.25) is 0 Å². The molecule has 1 aliphatic heterocycles. The molecular formula is C13H24ClNO2.